The first-order valence-corrected chi connectivity index (χ1v) is 10.7. The summed E-state index contributed by atoms with van der Waals surface area (Å²) in [6, 6.07) is 13.8. The fourth-order valence-corrected chi connectivity index (χ4v) is 4.25. The van der Waals surface area contributed by atoms with E-state index in [1.165, 1.54) is 0 Å². The molecule has 0 spiro atoms. The Morgan fingerprint density at radius 3 is 2.72 bits per heavy atom. The highest BCUT2D eigenvalue weighted by molar-refractivity contribution is 6.07. The fourth-order valence-electron chi connectivity index (χ4n) is 4.25. The summed E-state index contributed by atoms with van der Waals surface area (Å²) < 4.78 is 6.23. The average molecular weight is 425 g/mol. The van der Waals surface area contributed by atoms with Crippen LogP contribution in [0.2, 0.25) is 0 Å². The van der Waals surface area contributed by atoms with Crippen LogP contribution < -0.4 is 10.1 Å². The summed E-state index contributed by atoms with van der Waals surface area (Å²) in [5.41, 5.74) is 6.36. The summed E-state index contributed by atoms with van der Waals surface area (Å²) in [6.45, 7) is 6.33. The minimum absolute atomic E-state index is 0.102. The molecular weight excluding hydrogens is 400 g/mol. The van der Waals surface area contributed by atoms with Gasteiger partial charge in [-0.1, -0.05) is 23.8 Å². The summed E-state index contributed by atoms with van der Waals surface area (Å²) in [6.07, 6.45) is 4.03. The number of aromatic nitrogens is 3. The van der Waals surface area contributed by atoms with Crippen molar-refractivity contribution in [2.75, 3.05) is 6.54 Å². The Hall–Kier alpha value is -3.80. The molecule has 5 rings (SSSR count). The molecule has 4 aromatic rings. The summed E-state index contributed by atoms with van der Waals surface area (Å²) >= 11 is 0. The smallest absolute Gasteiger partial charge is 0.252 e. The third kappa shape index (κ3) is 3.58. The van der Waals surface area contributed by atoms with Crippen LogP contribution in [0.5, 0.6) is 5.75 Å². The molecule has 0 aliphatic carbocycles. The van der Waals surface area contributed by atoms with Crippen molar-refractivity contribution < 1.29 is 9.53 Å². The van der Waals surface area contributed by atoms with E-state index < -0.39 is 0 Å². The number of benzene rings is 2. The van der Waals surface area contributed by atoms with E-state index in [-0.39, 0.29) is 12.0 Å². The first kappa shape index (κ1) is 20.1. The van der Waals surface area contributed by atoms with Gasteiger partial charge in [-0.3, -0.25) is 9.78 Å². The molecule has 1 aliphatic heterocycles. The number of nitrogens with zero attached hydrogens (tertiary/aromatic N) is 3. The van der Waals surface area contributed by atoms with Crippen molar-refractivity contribution in [2.45, 2.75) is 33.3 Å². The Kier molecular flexibility index (Phi) is 5.05. The largest absolute Gasteiger partial charge is 0.487 e. The zero-order chi connectivity index (χ0) is 22.2. The molecule has 0 saturated carbocycles. The monoisotopic (exact) mass is 424 g/mol. The number of rotatable bonds is 4. The van der Waals surface area contributed by atoms with Gasteiger partial charge in [0.1, 0.15) is 11.9 Å². The molecule has 1 N–H and O–H groups in total. The van der Waals surface area contributed by atoms with E-state index in [4.69, 9.17) is 4.74 Å². The molecule has 0 bridgehead atoms. The van der Waals surface area contributed by atoms with Crippen LogP contribution in [-0.4, -0.2) is 33.5 Å². The molecule has 1 amide bonds. The van der Waals surface area contributed by atoms with Gasteiger partial charge >= 0.3 is 0 Å². The second kappa shape index (κ2) is 8.04. The highest BCUT2D eigenvalue weighted by atomic mass is 16.5. The molecule has 0 unspecified atom stereocenters. The highest BCUT2D eigenvalue weighted by Crippen LogP contribution is 2.37. The molecule has 2 aromatic heterocycles. The molecule has 6 heteroatoms. The lowest BCUT2D eigenvalue weighted by Crippen LogP contribution is -2.35. The van der Waals surface area contributed by atoms with Crippen molar-refractivity contribution in [1.82, 2.24) is 20.3 Å². The van der Waals surface area contributed by atoms with Gasteiger partial charge in [-0.15, -0.1) is 0 Å². The van der Waals surface area contributed by atoms with Gasteiger partial charge in [-0.05, 0) is 56.2 Å². The van der Waals surface area contributed by atoms with E-state index in [1.54, 1.807) is 18.5 Å². The van der Waals surface area contributed by atoms with Crippen molar-refractivity contribution in [1.29, 1.82) is 0 Å². The lowest BCUT2D eigenvalue weighted by Gasteiger charge is -2.16. The van der Waals surface area contributed by atoms with E-state index in [1.807, 2.05) is 51.1 Å². The van der Waals surface area contributed by atoms with Gasteiger partial charge in [0.05, 0.1) is 23.2 Å². The van der Waals surface area contributed by atoms with Crippen LogP contribution in [-0.2, 0) is 6.42 Å². The third-order valence-corrected chi connectivity index (χ3v) is 5.98. The summed E-state index contributed by atoms with van der Waals surface area (Å²) in [5.74, 6) is 1.34. The van der Waals surface area contributed by atoms with Gasteiger partial charge in [0.15, 0.2) is 5.82 Å². The van der Waals surface area contributed by atoms with Crippen molar-refractivity contribution in [3.63, 3.8) is 0 Å². The lowest BCUT2D eigenvalue weighted by molar-refractivity contribution is 0.0934. The number of para-hydroxylation sites is 1. The molecule has 160 valence electrons. The number of pyridine rings is 1. The van der Waals surface area contributed by atoms with Gasteiger partial charge < -0.3 is 10.1 Å². The summed E-state index contributed by atoms with van der Waals surface area (Å²) in [5, 5.41) is 3.97. The zero-order valence-electron chi connectivity index (χ0n) is 18.3. The number of hydrogen-bond acceptors (Lipinski definition) is 5. The van der Waals surface area contributed by atoms with Crippen LogP contribution in [0.3, 0.4) is 0 Å². The number of nitrogens with one attached hydrogen (secondary N) is 1. The maximum Gasteiger partial charge on any atom is 0.252 e. The molecule has 3 heterocycles. The standard InChI is InChI=1S/C26H24N4O2/c1-15-8-9-22-21(12-15)23(16(2)17(3)30-22)26(31)29-14-19-13-18-6-4-7-20(24(18)32-19)25-27-10-5-11-28-25/h4-12,19H,13-14H2,1-3H3,(H,29,31)/t19-/m0/s1. The van der Waals surface area contributed by atoms with E-state index >= 15 is 0 Å². The molecule has 0 radical (unpaired) electrons. The van der Waals surface area contributed by atoms with Crippen molar-refractivity contribution in [3.05, 3.63) is 82.8 Å². The van der Waals surface area contributed by atoms with Crippen LogP contribution >= 0.6 is 0 Å². The second-order valence-corrected chi connectivity index (χ2v) is 8.24. The number of carbonyl (C=O) groups excluding carboxylic acids is 1. The predicted molar refractivity (Wildman–Crippen MR) is 124 cm³/mol. The number of amides is 1. The number of aryl methyl sites for hydroxylation is 2. The predicted octanol–water partition coefficient (Wildman–Crippen LogP) is 4.35. The van der Waals surface area contributed by atoms with Crippen LogP contribution in [0.4, 0.5) is 0 Å². The molecule has 32 heavy (non-hydrogen) atoms. The topological polar surface area (TPSA) is 77.0 Å². The minimum atomic E-state index is -0.143. The minimum Gasteiger partial charge on any atom is -0.487 e. The number of ether oxygens (including phenoxy) is 1. The molecule has 1 atom stereocenters. The van der Waals surface area contributed by atoms with Gasteiger partial charge in [0.2, 0.25) is 0 Å². The van der Waals surface area contributed by atoms with Crippen molar-refractivity contribution >= 4 is 16.8 Å². The maximum absolute atomic E-state index is 13.2. The molecule has 0 fully saturated rings. The number of hydrogen-bond donors (Lipinski definition) is 1. The average Bonchev–Trinajstić information content (AvgIpc) is 3.22. The zero-order valence-corrected chi connectivity index (χ0v) is 18.3. The van der Waals surface area contributed by atoms with Gasteiger partial charge in [-0.25, -0.2) is 9.97 Å². The molecule has 6 nitrogen and oxygen atoms in total. The van der Waals surface area contributed by atoms with Gasteiger partial charge in [0, 0.05) is 29.9 Å². The Balaban J connectivity index is 1.37. The Bertz CT molecular complexity index is 1330. The van der Waals surface area contributed by atoms with Crippen LogP contribution in [0, 0.1) is 20.8 Å². The van der Waals surface area contributed by atoms with E-state index in [0.29, 0.717) is 17.9 Å². The van der Waals surface area contributed by atoms with E-state index in [2.05, 4.69) is 26.3 Å². The Morgan fingerprint density at radius 2 is 1.91 bits per heavy atom. The maximum atomic E-state index is 13.2. The summed E-state index contributed by atoms with van der Waals surface area (Å²) in [4.78, 5) is 26.6. The number of fused-ring (bicyclic) bond motifs is 2. The third-order valence-electron chi connectivity index (χ3n) is 5.98. The number of carbonyl (C=O) groups is 1. The summed E-state index contributed by atoms with van der Waals surface area (Å²) in [7, 11) is 0. The molecular formula is C26H24N4O2. The normalized spacial score (nSPS) is 14.8. The Labute approximate surface area is 186 Å². The molecule has 2 aromatic carbocycles. The van der Waals surface area contributed by atoms with E-state index in [9.17, 15) is 4.79 Å². The van der Waals surface area contributed by atoms with Gasteiger partial charge in [0.25, 0.3) is 5.91 Å². The van der Waals surface area contributed by atoms with Crippen molar-refractivity contribution in [2.24, 2.45) is 0 Å². The Morgan fingerprint density at radius 1 is 1.09 bits per heavy atom. The van der Waals surface area contributed by atoms with Crippen LogP contribution in [0.15, 0.2) is 54.9 Å². The molecule has 1 aliphatic rings. The SMILES string of the molecule is Cc1ccc2nc(C)c(C)c(C(=O)NC[C@@H]3Cc4cccc(-c5ncccn5)c4O3)c2c1. The second-order valence-electron chi connectivity index (χ2n) is 8.24. The quantitative estimate of drug-likeness (QED) is 0.527. The van der Waals surface area contributed by atoms with Crippen LogP contribution in [0.25, 0.3) is 22.3 Å². The van der Waals surface area contributed by atoms with Crippen molar-refractivity contribution in [3.8, 4) is 17.1 Å². The fraction of sp³-hybridized carbons (Fsp3) is 0.231. The first-order chi connectivity index (χ1) is 15.5. The highest BCUT2D eigenvalue weighted by Gasteiger charge is 2.27. The first-order valence-electron chi connectivity index (χ1n) is 10.7. The van der Waals surface area contributed by atoms with E-state index in [0.717, 1.165) is 51.0 Å². The molecule has 0 saturated heterocycles. The van der Waals surface area contributed by atoms with Gasteiger partial charge in [-0.2, -0.15) is 0 Å². The van der Waals surface area contributed by atoms with Crippen LogP contribution in [0.1, 0.15) is 32.7 Å². The lowest BCUT2D eigenvalue weighted by atomic mass is 9.99.